The van der Waals surface area contributed by atoms with Crippen molar-refractivity contribution in [1.82, 2.24) is 4.90 Å². The van der Waals surface area contributed by atoms with Crippen molar-refractivity contribution in [2.24, 2.45) is 0 Å². The average molecular weight is 390 g/mol. The predicted octanol–water partition coefficient (Wildman–Crippen LogP) is 6.80. The molecule has 0 saturated heterocycles. The van der Waals surface area contributed by atoms with Crippen LogP contribution in [0.3, 0.4) is 0 Å². The summed E-state index contributed by atoms with van der Waals surface area (Å²) in [6, 6.07) is 10.2. The van der Waals surface area contributed by atoms with Crippen LogP contribution in [0.15, 0.2) is 24.3 Å². The van der Waals surface area contributed by atoms with E-state index >= 15 is 0 Å². The van der Waals surface area contributed by atoms with Crippen molar-refractivity contribution in [3.63, 3.8) is 0 Å². The number of benzene rings is 1. The van der Waals surface area contributed by atoms with E-state index in [1.165, 1.54) is 87.9 Å². The molecule has 0 amide bonds. The van der Waals surface area contributed by atoms with E-state index in [9.17, 15) is 0 Å². The molecule has 0 N–H and O–H groups in total. The molecule has 1 aliphatic heterocycles. The molecule has 0 atom stereocenters. The third-order valence-corrected chi connectivity index (χ3v) is 8.54. The van der Waals surface area contributed by atoms with E-state index in [4.69, 9.17) is 4.43 Å². The summed E-state index contributed by atoms with van der Waals surface area (Å²) in [5, 5.41) is 0. The Hall–Kier alpha value is -0.643. The van der Waals surface area contributed by atoms with Gasteiger partial charge in [-0.1, -0.05) is 89.0 Å². The Morgan fingerprint density at radius 3 is 2.22 bits per heavy atom. The quantitative estimate of drug-likeness (QED) is 0.256. The Bertz CT molecular complexity index is 517. The van der Waals surface area contributed by atoms with E-state index in [1.54, 1.807) is 0 Å². The Kier molecular flexibility index (Phi) is 10.7. The first-order chi connectivity index (χ1) is 13.1. The molecule has 0 unspecified atom stereocenters. The smallest absolute Gasteiger partial charge is 0.186 e. The molecule has 1 aromatic rings. The second-order valence-electron chi connectivity index (χ2n) is 8.98. The molecular weight excluding hydrogens is 346 g/mol. The van der Waals surface area contributed by atoms with Crippen LogP contribution in [0.5, 0.6) is 0 Å². The molecule has 1 heterocycles. The second kappa shape index (κ2) is 12.7. The maximum absolute atomic E-state index is 6.39. The van der Waals surface area contributed by atoms with Crippen molar-refractivity contribution in [3.05, 3.63) is 35.4 Å². The molecule has 0 aromatic heterocycles. The van der Waals surface area contributed by atoms with Gasteiger partial charge in [0, 0.05) is 26.2 Å². The Morgan fingerprint density at radius 2 is 1.52 bits per heavy atom. The lowest BCUT2D eigenvalue weighted by Gasteiger charge is -2.30. The van der Waals surface area contributed by atoms with Crippen LogP contribution in [0.4, 0.5) is 0 Å². The van der Waals surface area contributed by atoms with Crippen LogP contribution < -0.4 is 0 Å². The molecule has 0 bridgehead atoms. The molecule has 0 saturated carbocycles. The van der Waals surface area contributed by atoms with Crippen molar-refractivity contribution in [1.29, 1.82) is 0 Å². The topological polar surface area (TPSA) is 12.5 Å². The summed E-state index contributed by atoms with van der Waals surface area (Å²) in [6.07, 6.45) is 13.9. The first-order valence-electron chi connectivity index (χ1n) is 11.5. The van der Waals surface area contributed by atoms with Gasteiger partial charge in [0.15, 0.2) is 8.32 Å². The number of fused-ring (bicyclic) bond motifs is 1. The van der Waals surface area contributed by atoms with Crippen LogP contribution in [0.25, 0.3) is 0 Å². The molecular formula is C24H43NOSi. The van der Waals surface area contributed by atoms with Crippen LogP contribution in [-0.2, 0) is 17.4 Å². The fourth-order valence-corrected chi connectivity index (χ4v) is 6.02. The molecule has 2 nitrogen and oxygen atoms in total. The van der Waals surface area contributed by atoms with E-state index in [1.807, 2.05) is 0 Å². The summed E-state index contributed by atoms with van der Waals surface area (Å²) in [6.45, 7) is 11.4. The number of hydrogen-bond acceptors (Lipinski definition) is 2. The molecule has 2 rings (SSSR count). The van der Waals surface area contributed by atoms with E-state index in [-0.39, 0.29) is 0 Å². The van der Waals surface area contributed by atoms with Crippen molar-refractivity contribution in [2.75, 3.05) is 19.7 Å². The number of unbranched alkanes of at least 4 members (excludes halogenated alkanes) is 8. The minimum Gasteiger partial charge on any atom is -0.416 e. The lowest BCUT2D eigenvalue weighted by molar-refractivity contribution is 0.191. The summed E-state index contributed by atoms with van der Waals surface area (Å²) < 4.78 is 6.39. The Labute approximate surface area is 169 Å². The second-order valence-corrected chi connectivity index (χ2v) is 13.3. The van der Waals surface area contributed by atoms with Gasteiger partial charge < -0.3 is 4.43 Å². The molecule has 154 valence electrons. The third-order valence-electron chi connectivity index (χ3n) is 5.99. The van der Waals surface area contributed by atoms with E-state index in [2.05, 4.69) is 49.2 Å². The lowest BCUT2D eigenvalue weighted by atomic mass is 10.0. The normalized spacial score (nSPS) is 15.1. The van der Waals surface area contributed by atoms with Crippen LogP contribution in [0.2, 0.25) is 19.1 Å². The molecule has 1 aliphatic rings. The summed E-state index contributed by atoms with van der Waals surface area (Å²) in [5.74, 6) is 0. The Balaban J connectivity index is 1.50. The maximum atomic E-state index is 6.39. The SMILES string of the molecule is CCCCCCCCCCC[Si](C)(C)OCCN1CCc2ccccc2C1. The summed E-state index contributed by atoms with van der Waals surface area (Å²) in [5.41, 5.74) is 3.05. The van der Waals surface area contributed by atoms with Crippen molar-refractivity contribution in [3.8, 4) is 0 Å². The van der Waals surface area contributed by atoms with Gasteiger partial charge in [0.2, 0.25) is 0 Å². The van der Waals surface area contributed by atoms with Crippen LogP contribution in [0.1, 0.15) is 75.8 Å². The predicted molar refractivity (Wildman–Crippen MR) is 121 cm³/mol. The van der Waals surface area contributed by atoms with E-state index in [0.29, 0.717) is 0 Å². The summed E-state index contributed by atoms with van der Waals surface area (Å²) in [4.78, 5) is 2.56. The summed E-state index contributed by atoms with van der Waals surface area (Å²) >= 11 is 0. The molecule has 0 fully saturated rings. The summed E-state index contributed by atoms with van der Waals surface area (Å²) in [7, 11) is -1.47. The van der Waals surface area contributed by atoms with Crippen LogP contribution in [-0.4, -0.2) is 32.9 Å². The van der Waals surface area contributed by atoms with Crippen LogP contribution >= 0.6 is 0 Å². The van der Waals surface area contributed by atoms with Gasteiger partial charge in [0.05, 0.1) is 0 Å². The largest absolute Gasteiger partial charge is 0.416 e. The van der Waals surface area contributed by atoms with Crippen molar-refractivity contribution >= 4 is 8.32 Å². The van der Waals surface area contributed by atoms with E-state index in [0.717, 1.165) is 19.7 Å². The minimum atomic E-state index is -1.47. The highest BCUT2D eigenvalue weighted by molar-refractivity contribution is 6.71. The molecule has 27 heavy (non-hydrogen) atoms. The monoisotopic (exact) mass is 389 g/mol. The van der Waals surface area contributed by atoms with Gasteiger partial charge in [-0.2, -0.15) is 0 Å². The van der Waals surface area contributed by atoms with Gasteiger partial charge in [-0.05, 0) is 36.7 Å². The fraction of sp³-hybridized carbons (Fsp3) is 0.750. The zero-order valence-electron chi connectivity index (χ0n) is 18.3. The molecule has 0 radical (unpaired) electrons. The molecule has 1 aromatic carbocycles. The standard InChI is InChI=1S/C24H43NOSi/c1-4-5-6-7-8-9-10-11-14-21-27(2,3)26-20-19-25-18-17-23-15-12-13-16-24(23)22-25/h12-13,15-16H,4-11,14,17-22H2,1-3H3. The molecule has 0 spiro atoms. The maximum Gasteiger partial charge on any atom is 0.186 e. The van der Waals surface area contributed by atoms with Gasteiger partial charge in [-0.3, -0.25) is 4.90 Å². The Morgan fingerprint density at radius 1 is 0.889 bits per heavy atom. The number of hydrogen-bond donors (Lipinski definition) is 0. The zero-order valence-corrected chi connectivity index (χ0v) is 19.3. The zero-order chi connectivity index (χ0) is 19.4. The van der Waals surface area contributed by atoms with Gasteiger partial charge >= 0.3 is 0 Å². The fourth-order valence-electron chi connectivity index (χ4n) is 4.13. The van der Waals surface area contributed by atoms with Gasteiger partial charge in [0.25, 0.3) is 0 Å². The minimum absolute atomic E-state index is 0.915. The average Bonchev–Trinajstić information content (AvgIpc) is 2.66. The highest BCUT2D eigenvalue weighted by Crippen LogP contribution is 2.20. The molecule has 3 heteroatoms. The van der Waals surface area contributed by atoms with Gasteiger partial charge in [-0.25, -0.2) is 0 Å². The van der Waals surface area contributed by atoms with E-state index < -0.39 is 8.32 Å². The van der Waals surface area contributed by atoms with Gasteiger partial charge in [0.1, 0.15) is 0 Å². The highest BCUT2D eigenvalue weighted by atomic mass is 28.4. The first kappa shape index (κ1) is 22.6. The number of rotatable bonds is 14. The van der Waals surface area contributed by atoms with Crippen molar-refractivity contribution in [2.45, 2.75) is 96.8 Å². The first-order valence-corrected chi connectivity index (χ1v) is 14.7. The van der Waals surface area contributed by atoms with Gasteiger partial charge in [-0.15, -0.1) is 0 Å². The highest BCUT2D eigenvalue weighted by Gasteiger charge is 2.22. The van der Waals surface area contributed by atoms with Crippen molar-refractivity contribution < 1.29 is 4.43 Å². The molecule has 0 aliphatic carbocycles. The lowest BCUT2D eigenvalue weighted by Crippen LogP contribution is -2.37. The third kappa shape index (κ3) is 9.40. The number of nitrogens with zero attached hydrogens (tertiary/aromatic N) is 1. The van der Waals surface area contributed by atoms with Crippen LogP contribution in [0, 0.1) is 0 Å².